The first-order valence-electron chi connectivity index (χ1n) is 6.57. The average Bonchev–Trinajstić information content (AvgIpc) is 2.39. The third-order valence-corrected chi connectivity index (χ3v) is 3.37. The maximum absolute atomic E-state index is 13.9. The minimum atomic E-state index is -0.708. The van der Waals surface area contributed by atoms with Gasteiger partial charge in [0, 0.05) is 12.1 Å². The van der Waals surface area contributed by atoms with Crippen LogP contribution in [0.4, 0.5) is 15.8 Å². The maximum atomic E-state index is 13.9. The molecular formula is C14H18FN3O2. The molecule has 4 N–H and O–H groups in total. The van der Waals surface area contributed by atoms with Crippen LogP contribution in [0, 0.1) is 11.7 Å². The van der Waals surface area contributed by atoms with E-state index in [0.29, 0.717) is 18.5 Å². The smallest absolute Gasteiger partial charge is 0.241 e. The molecule has 1 atom stereocenters. The van der Waals surface area contributed by atoms with Gasteiger partial charge in [-0.2, -0.15) is 0 Å². The fraction of sp³-hybridized carbons (Fsp3) is 0.429. The highest BCUT2D eigenvalue weighted by atomic mass is 19.1. The molecule has 0 aliphatic carbocycles. The number of nitrogens with two attached hydrogens (primary N) is 1. The molecule has 6 heteroatoms. The summed E-state index contributed by atoms with van der Waals surface area (Å²) in [5, 5.41) is 5.13. The standard InChI is InChI=1S/C14H18FN3O2/c1-7(2)13(16)14(20)18-11-6-10-8(5-9(11)15)3-4-12(19)17-10/h5-7,13H,3-4,16H2,1-2H3,(H,17,19)(H,18,20)/t13-/m0/s1. The van der Waals surface area contributed by atoms with Crippen LogP contribution in [0.2, 0.25) is 0 Å². The lowest BCUT2D eigenvalue weighted by Crippen LogP contribution is -2.40. The molecule has 2 rings (SSSR count). The molecule has 1 aliphatic heterocycles. The van der Waals surface area contributed by atoms with E-state index in [1.165, 1.54) is 12.1 Å². The van der Waals surface area contributed by atoms with Gasteiger partial charge in [0.25, 0.3) is 0 Å². The third kappa shape index (κ3) is 2.96. The van der Waals surface area contributed by atoms with Crippen molar-refractivity contribution in [3.05, 3.63) is 23.5 Å². The van der Waals surface area contributed by atoms with Crippen molar-refractivity contribution < 1.29 is 14.0 Å². The van der Waals surface area contributed by atoms with Crippen LogP contribution in [0.25, 0.3) is 0 Å². The van der Waals surface area contributed by atoms with Crippen LogP contribution in [0.3, 0.4) is 0 Å². The molecule has 0 aromatic heterocycles. The molecule has 20 heavy (non-hydrogen) atoms. The van der Waals surface area contributed by atoms with Gasteiger partial charge < -0.3 is 16.4 Å². The minimum absolute atomic E-state index is 0.0343. The second-order valence-corrected chi connectivity index (χ2v) is 5.30. The number of benzene rings is 1. The van der Waals surface area contributed by atoms with Gasteiger partial charge in [0.1, 0.15) is 5.82 Å². The Morgan fingerprint density at radius 1 is 1.40 bits per heavy atom. The van der Waals surface area contributed by atoms with Crippen LogP contribution >= 0.6 is 0 Å². The van der Waals surface area contributed by atoms with Gasteiger partial charge in [0.05, 0.1) is 11.7 Å². The van der Waals surface area contributed by atoms with Gasteiger partial charge in [-0.15, -0.1) is 0 Å². The third-order valence-electron chi connectivity index (χ3n) is 3.37. The van der Waals surface area contributed by atoms with E-state index in [1.807, 2.05) is 13.8 Å². The summed E-state index contributed by atoms with van der Waals surface area (Å²) in [6.07, 6.45) is 0.841. The van der Waals surface area contributed by atoms with Crippen molar-refractivity contribution in [3.63, 3.8) is 0 Å². The van der Waals surface area contributed by atoms with E-state index in [1.54, 1.807) is 0 Å². The molecule has 0 spiro atoms. The Kier molecular flexibility index (Phi) is 4.04. The van der Waals surface area contributed by atoms with E-state index in [4.69, 9.17) is 5.73 Å². The van der Waals surface area contributed by atoms with E-state index in [9.17, 15) is 14.0 Å². The molecule has 108 valence electrons. The summed E-state index contributed by atoms with van der Waals surface area (Å²) >= 11 is 0. The highest BCUT2D eigenvalue weighted by Gasteiger charge is 2.21. The maximum Gasteiger partial charge on any atom is 0.241 e. The van der Waals surface area contributed by atoms with Crippen molar-refractivity contribution in [1.29, 1.82) is 0 Å². The highest BCUT2D eigenvalue weighted by molar-refractivity contribution is 5.98. The molecular weight excluding hydrogens is 261 g/mol. The average molecular weight is 279 g/mol. The topological polar surface area (TPSA) is 84.2 Å². The normalized spacial score (nSPS) is 15.6. The lowest BCUT2D eigenvalue weighted by molar-refractivity contribution is -0.118. The molecule has 1 heterocycles. The lowest BCUT2D eigenvalue weighted by atomic mass is 10.0. The molecule has 1 aromatic rings. The summed E-state index contributed by atoms with van der Waals surface area (Å²) < 4.78 is 13.9. The zero-order chi connectivity index (χ0) is 14.9. The number of carbonyl (C=O) groups is 2. The van der Waals surface area contributed by atoms with Crippen molar-refractivity contribution in [2.45, 2.75) is 32.7 Å². The van der Waals surface area contributed by atoms with Crippen molar-refractivity contribution in [2.24, 2.45) is 11.7 Å². The largest absolute Gasteiger partial charge is 0.326 e. The SMILES string of the molecule is CC(C)[C@H](N)C(=O)Nc1cc2c(cc1F)CCC(=O)N2. The van der Waals surface area contributed by atoms with E-state index >= 15 is 0 Å². The molecule has 0 radical (unpaired) electrons. The van der Waals surface area contributed by atoms with E-state index in [-0.39, 0.29) is 17.5 Å². The van der Waals surface area contributed by atoms with Crippen molar-refractivity contribution in [3.8, 4) is 0 Å². The zero-order valence-electron chi connectivity index (χ0n) is 11.5. The van der Waals surface area contributed by atoms with Gasteiger partial charge in [0.15, 0.2) is 0 Å². The second-order valence-electron chi connectivity index (χ2n) is 5.30. The van der Waals surface area contributed by atoms with Gasteiger partial charge in [-0.3, -0.25) is 9.59 Å². The summed E-state index contributed by atoms with van der Waals surface area (Å²) in [6, 6.07) is 2.07. The summed E-state index contributed by atoms with van der Waals surface area (Å²) in [4.78, 5) is 23.2. The Hall–Kier alpha value is -1.95. The summed E-state index contributed by atoms with van der Waals surface area (Å²) in [5.74, 6) is -1.12. The van der Waals surface area contributed by atoms with E-state index in [0.717, 1.165) is 5.56 Å². The Morgan fingerprint density at radius 3 is 2.75 bits per heavy atom. The fourth-order valence-corrected chi connectivity index (χ4v) is 2.01. The minimum Gasteiger partial charge on any atom is -0.326 e. The van der Waals surface area contributed by atoms with Gasteiger partial charge >= 0.3 is 0 Å². The van der Waals surface area contributed by atoms with E-state index < -0.39 is 17.8 Å². The number of carbonyl (C=O) groups excluding carboxylic acids is 2. The van der Waals surface area contributed by atoms with Crippen molar-refractivity contribution in [2.75, 3.05) is 10.6 Å². The Bertz CT molecular complexity index is 558. The molecule has 2 amide bonds. The first-order chi connectivity index (χ1) is 9.38. The predicted octanol–water partition coefficient (Wildman–Crippen LogP) is 1.63. The Balaban J connectivity index is 2.22. The highest BCUT2D eigenvalue weighted by Crippen LogP contribution is 2.28. The fourth-order valence-electron chi connectivity index (χ4n) is 2.01. The van der Waals surface area contributed by atoms with Crippen molar-refractivity contribution >= 4 is 23.2 Å². The number of aryl methyl sites for hydroxylation is 1. The lowest BCUT2D eigenvalue weighted by Gasteiger charge is -2.20. The summed E-state index contributed by atoms with van der Waals surface area (Å²) in [7, 11) is 0. The Morgan fingerprint density at radius 2 is 2.10 bits per heavy atom. The van der Waals surface area contributed by atoms with E-state index in [2.05, 4.69) is 10.6 Å². The zero-order valence-corrected chi connectivity index (χ0v) is 11.5. The van der Waals surface area contributed by atoms with Gasteiger partial charge in [-0.25, -0.2) is 4.39 Å². The number of hydrogen-bond donors (Lipinski definition) is 3. The van der Waals surface area contributed by atoms with Crippen LogP contribution in [-0.2, 0) is 16.0 Å². The first kappa shape index (κ1) is 14.5. The number of anilines is 2. The Labute approximate surface area is 116 Å². The molecule has 0 bridgehead atoms. The molecule has 1 aliphatic rings. The number of hydrogen-bond acceptors (Lipinski definition) is 3. The molecule has 5 nitrogen and oxygen atoms in total. The molecule has 0 unspecified atom stereocenters. The quantitative estimate of drug-likeness (QED) is 0.786. The molecule has 0 saturated heterocycles. The van der Waals surface area contributed by atoms with Crippen LogP contribution in [-0.4, -0.2) is 17.9 Å². The van der Waals surface area contributed by atoms with Crippen LogP contribution in [0.1, 0.15) is 25.8 Å². The van der Waals surface area contributed by atoms with Gasteiger partial charge in [-0.1, -0.05) is 13.8 Å². The van der Waals surface area contributed by atoms with Crippen LogP contribution < -0.4 is 16.4 Å². The number of nitrogens with one attached hydrogen (secondary N) is 2. The van der Waals surface area contributed by atoms with Crippen LogP contribution in [0.5, 0.6) is 0 Å². The number of fused-ring (bicyclic) bond motifs is 1. The van der Waals surface area contributed by atoms with Crippen LogP contribution in [0.15, 0.2) is 12.1 Å². The molecule has 0 saturated carbocycles. The molecule has 0 fully saturated rings. The second kappa shape index (κ2) is 5.58. The predicted molar refractivity (Wildman–Crippen MR) is 74.8 cm³/mol. The van der Waals surface area contributed by atoms with Gasteiger partial charge in [0.2, 0.25) is 11.8 Å². The summed E-state index contributed by atoms with van der Waals surface area (Å²) in [6.45, 7) is 3.63. The molecule has 1 aromatic carbocycles. The van der Waals surface area contributed by atoms with Gasteiger partial charge in [-0.05, 0) is 30.0 Å². The monoisotopic (exact) mass is 279 g/mol. The number of halogens is 1. The number of amides is 2. The van der Waals surface area contributed by atoms with Crippen molar-refractivity contribution in [1.82, 2.24) is 0 Å². The summed E-state index contributed by atoms with van der Waals surface area (Å²) in [5.41, 5.74) is 7.02. The first-order valence-corrected chi connectivity index (χ1v) is 6.57. The number of rotatable bonds is 3.